The maximum absolute atomic E-state index is 12.8. The Bertz CT molecular complexity index is 1040. The van der Waals surface area contributed by atoms with Crippen molar-refractivity contribution >= 4 is 21.4 Å². The second kappa shape index (κ2) is 7.75. The summed E-state index contributed by atoms with van der Waals surface area (Å²) in [7, 11) is -3.41. The Hall–Kier alpha value is -2.07. The maximum atomic E-state index is 12.8. The normalized spacial score (nSPS) is 17.6. The van der Waals surface area contributed by atoms with Crippen LogP contribution in [0.1, 0.15) is 23.7 Å². The summed E-state index contributed by atoms with van der Waals surface area (Å²) in [5.41, 5.74) is 0.909. The lowest BCUT2D eigenvalue weighted by Gasteiger charge is -2.35. The number of sulfonamides is 1. The molecule has 0 aliphatic carbocycles. The lowest BCUT2D eigenvalue weighted by molar-refractivity contribution is 0.124. The summed E-state index contributed by atoms with van der Waals surface area (Å²) >= 11 is 1.32. The molecule has 0 amide bonds. The first-order valence-electron chi connectivity index (χ1n) is 9.15. The topological polar surface area (TPSA) is 79.5 Å². The summed E-state index contributed by atoms with van der Waals surface area (Å²) < 4.78 is 33.0. The molecule has 1 saturated heterocycles. The third-order valence-corrected chi connectivity index (χ3v) is 8.33. The smallest absolute Gasteiger partial charge is 0.252 e. The summed E-state index contributed by atoms with van der Waals surface area (Å²) in [5, 5.41) is 4.08. The van der Waals surface area contributed by atoms with Gasteiger partial charge in [0.05, 0.1) is 6.04 Å². The monoisotopic (exact) mass is 418 g/mol. The van der Waals surface area contributed by atoms with E-state index < -0.39 is 10.0 Å². The van der Waals surface area contributed by atoms with Crippen molar-refractivity contribution in [2.45, 2.75) is 24.1 Å². The Balaban J connectivity index is 1.42. The van der Waals surface area contributed by atoms with Crippen LogP contribution in [-0.2, 0) is 10.0 Å². The van der Waals surface area contributed by atoms with Gasteiger partial charge in [-0.25, -0.2) is 8.42 Å². The van der Waals surface area contributed by atoms with Crippen LogP contribution in [0, 0.1) is 6.92 Å². The van der Waals surface area contributed by atoms with Crippen LogP contribution in [-0.4, -0.2) is 53.9 Å². The van der Waals surface area contributed by atoms with Crippen molar-refractivity contribution in [1.82, 2.24) is 19.3 Å². The van der Waals surface area contributed by atoms with Crippen molar-refractivity contribution in [2.24, 2.45) is 0 Å². The Labute approximate surface area is 168 Å². The fourth-order valence-electron chi connectivity index (χ4n) is 3.27. The van der Waals surface area contributed by atoms with Crippen LogP contribution in [0.4, 0.5) is 0 Å². The van der Waals surface area contributed by atoms with Crippen LogP contribution < -0.4 is 0 Å². The highest BCUT2D eigenvalue weighted by atomic mass is 32.2. The van der Waals surface area contributed by atoms with E-state index in [2.05, 4.69) is 15.0 Å². The zero-order valence-electron chi connectivity index (χ0n) is 15.8. The minimum Gasteiger partial charge on any atom is -0.337 e. The van der Waals surface area contributed by atoms with E-state index in [0.29, 0.717) is 42.1 Å². The number of hydrogen-bond donors (Lipinski definition) is 0. The zero-order chi connectivity index (χ0) is 19.7. The molecule has 1 aliphatic heterocycles. The molecule has 4 rings (SSSR count). The standard InChI is InChI=1S/C19H22N4O3S2/c1-14-8-9-17(27-14)28(24,25)23-12-10-22(11-13-23)15(2)19-20-18(21-26-19)16-6-4-3-5-7-16/h3-9,15H,10-13H2,1-2H3. The predicted octanol–water partition coefficient (Wildman–Crippen LogP) is 3.17. The molecule has 9 heteroatoms. The van der Waals surface area contributed by atoms with Gasteiger partial charge in [0, 0.05) is 36.6 Å². The summed E-state index contributed by atoms with van der Waals surface area (Å²) in [6.45, 7) is 6.06. The molecular weight excluding hydrogens is 396 g/mol. The molecule has 7 nitrogen and oxygen atoms in total. The molecule has 2 aromatic heterocycles. The second-order valence-electron chi connectivity index (χ2n) is 6.80. The number of thiophene rings is 1. The minimum absolute atomic E-state index is 0.0706. The molecule has 148 valence electrons. The fourth-order valence-corrected chi connectivity index (χ4v) is 6.13. The molecule has 28 heavy (non-hydrogen) atoms. The lowest BCUT2D eigenvalue weighted by Crippen LogP contribution is -2.49. The molecule has 1 aliphatic rings. The molecule has 0 N–H and O–H groups in total. The van der Waals surface area contributed by atoms with E-state index in [-0.39, 0.29) is 6.04 Å². The SMILES string of the molecule is Cc1ccc(S(=O)(=O)N2CCN(C(C)c3nc(-c4ccccc4)no3)CC2)s1. The van der Waals surface area contributed by atoms with Gasteiger partial charge in [-0.1, -0.05) is 35.5 Å². The Morgan fingerprint density at radius 2 is 1.79 bits per heavy atom. The van der Waals surface area contributed by atoms with E-state index in [9.17, 15) is 8.42 Å². The van der Waals surface area contributed by atoms with Crippen molar-refractivity contribution in [3.63, 3.8) is 0 Å². The highest BCUT2D eigenvalue weighted by molar-refractivity contribution is 7.91. The second-order valence-corrected chi connectivity index (χ2v) is 10.3. The summed E-state index contributed by atoms with van der Waals surface area (Å²) in [4.78, 5) is 7.70. The molecule has 0 saturated carbocycles. The summed E-state index contributed by atoms with van der Waals surface area (Å²) in [6, 6.07) is 13.2. The molecule has 1 unspecified atom stereocenters. The highest BCUT2D eigenvalue weighted by Gasteiger charge is 2.32. The van der Waals surface area contributed by atoms with Crippen LogP contribution in [0.3, 0.4) is 0 Å². The Morgan fingerprint density at radius 1 is 1.07 bits per heavy atom. The van der Waals surface area contributed by atoms with Gasteiger partial charge in [0.2, 0.25) is 11.7 Å². The quantitative estimate of drug-likeness (QED) is 0.633. The van der Waals surface area contributed by atoms with Crippen molar-refractivity contribution in [3.05, 3.63) is 53.2 Å². The lowest BCUT2D eigenvalue weighted by atomic mass is 10.2. The van der Waals surface area contributed by atoms with Crippen molar-refractivity contribution in [2.75, 3.05) is 26.2 Å². The first-order valence-corrected chi connectivity index (χ1v) is 11.4. The molecule has 0 spiro atoms. The largest absolute Gasteiger partial charge is 0.337 e. The van der Waals surface area contributed by atoms with Crippen LogP contribution in [0.2, 0.25) is 0 Å². The van der Waals surface area contributed by atoms with Crippen LogP contribution in [0.5, 0.6) is 0 Å². The average molecular weight is 419 g/mol. The van der Waals surface area contributed by atoms with Crippen LogP contribution in [0.25, 0.3) is 11.4 Å². The van der Waals surface area contributed by atoms with Crippen LogP contribution in [0.15, 0.2) is 51.2 Å². The third-order valence-electron chi connectivity index (χ3n) is 4.96. The first-order chi connectivity index (χ1) is 13.4. The molecule has 3 aromatic rings. The van der Waals surface area contributed by atoms with E-state index in [1.807, 2.05) is 50.2 Å². The number of piperazine rings is 1. The highest BCUT2D eigenvalue weighted by Crippen LogP contribution is 2.27. The van der Waals surface area contributed by atoms with Crippen molar-refractivity contribution in [1.29, 1.82) is 0 Å². The Morgan fingerprint density at radius 3 is 2.43 bits per heavy atom. The molecule has 0 radical (unpaired) electrons. The number of aromatic nitrogens is 2. The molecule has 3 heterocycles. The number of rotatable bonds is 5. The van der Waals surface area contributed by atoms with Gasteiger partial charge in [0.15, 0.2) is 0 Å². The van der Waals surface area contributed by atoms with E-state index in [1.54, 1.807) is 10.4 Å². The molecule has 1 aromatic carbocycles. The van der Waals surface area contributed by atoms with Crippen molar-refractivity contribution in [3.8, 4) is 11.4 Å². The van der Waals surface area contributed by atoms with E-state index >= 15 is 0 Å². The molecule has 1 fully saturated rings. The fraction of sp³-hybridized carbons (Fsp3) is 0.368. The van der Waals surface area contributed by atoms with E-state index in [0.717, 1.165) is 10.4 Å². The molecule has 1 atom stereocenters. The van der Waals surface area contributed by atoms with Crippen LogP contribution >= 0.6 is 11.3 Å². The van der Waals surface area contributed by atoms with Gasteiger partial charge in [-0.3, -0.25) is 4.90 Å². The molecular formula is C19H22N4O3S2. The maximum Gasteiger partial charge on any atom is 0.252 e. The summed E-state index contributed by atoms with van der Waals surface area (Å²) in [6.07, 6.45) is 0. The molecule has 0 bridgehead atoms. The van der Waals surface area contributed by atoms with Gasteiger partial charge < -0.3 is 4.52 Å². The third kappa shape index (κ3) is 3.75. The number of aryl methyl sites for hydroxylation is 1. The van der Waals surface area contributed by atoms with Gasteiger partial charge in [0.25, 0.3) is 10.0 Å². The van der Waals surface area contributed by atoms with Gasteiger partial charge in [-0.05, 0) is 26.0 Å². The van der Waals surface area contributed by atoms with Gasteiger partial charge in [0.1, 0.15) is 4.21 Å². The summed E-state index contributed by atoms with van der Waals surface area (Å²) in [5.74, 6) is 1.11. The first kappa shape index (κ1) is 19.3. The Kier molecular flexibility index (Phi) is 5.33. The predicted molar refractivity (Wildman–Crippen MR) is 108 cm³/mol. The van der Waals surface area contributed by atoms with Crippen molar-refractivity contribution < 1.29 is 12.9 Å². The van der Waals surface area contributed by atoms with Gasteiger partial charge in [-0.15, -0.1) is 11.3 Å². The number of nitrogens with zero attached hydrogens (tertiary/aromatic N) is 4. The zero-order valence-corrected chi connectivity index (χ0v) is 17.4. The van der Waals surface area contributed by atoms with E-state index in [4.69, 9.17) is 4.52 Å². The average Bonchev–Trinajstić information content (AvgIpc) is 3.38. The van der Waals surface area contributed by atoms with Gasteiger partial charge >= 0.3 is 0 Å². The van der Waals surface area contributed by atoms with E-state index in [1.165, 1.54) is 11.3 Å². The number of hydrogen-bond acceptors (Lipinski definition) is 7. The van der Waals surface area contributed by atoms with Gasteiger partial charge in [-0.2, -0.15) is 9.29 Å². The minimum atomic E-state index is -3.41. The number of benzene rings is 1.